The lowest BCUT2D eigenvalue weighted by Crippen LogP contribution is -2.21. The van der Waals surface area contributed by atoms with Crippen LogP contribution in [0.5, 0.6) is 0 Å². The van der Waals surface area contributed by atoms with Crippen molar-refractivity contribution in [1.82, 2.24) is 0 Å². The number of allylic oxidation sites excluding steroid dienone is 2. The van der Waals surface area contributed by atoms with Crippen LogP contribution in [0.1, 0.15) is 19.4 Å². The van der Waals surface area contributed by atoms with E-state index in [2.05, 4.69) is 0 Å². The number of benzene rings is 1. The van der Waals surface area contributed by atoms with Gasteiger partial charge in [0.1, 0.15) is 29.4 Å². The van der Waals surface area contributed by atoms with Gasteiger partial charge >= 0.3 is 0 Å². The minimum absolute atomic E-state index is 0.0410. The molecule has 0 atom stereocenters. The number of nitrogens with two attached hydrogens (primary N) is 1. The van der Waals surface area contributed by atoms with Crippen LogP contribution in [0.15, 0.2) is 41.2 Å². The Morgan fingerprint density at radius 2 is 1.67 bits per heavy atom. The first-order valence-electron chi connectivity index (χ1n) is 6.19. The predicted octanol–water partition coefficient (Wildman–Crippen LogP) is 2.66. The third kappa shape index (κ3) is 2.31. The monoisotopic (exact) mass is 276 g/mol. The lowest BCUT2D eigenvalue weighted by atomic mass is 9.89. The highest BCUT2D eigenvalue weighted by Crippen LogP contribution is 2.44. The molecule has 0 saturated heterocycles. The summed E-state index contributed by atoms with van der Waals surface area (Å²) in [5.74, 6) is 0.0410. The van der Waals surface area contributed by atoms with E-state index in [1.54, 1.807) is 50.3 Å². The summed E-state index contributed by atoms with van der Waals surface area (Å²) in [4.78, 5) is 0. The van der Waals surface area contributed by atoms with Crippen LogP contribution in [0.4, 0.5) is 5.69 Å². The largest absolute Gasteiger partial charge is 0.480 e. The molecule has 5 heteroatoms. The van der Waals surface area contributed by atoms with Crippen molar-refractivity contribution in [3.05, 3.63) is 46.7 Å². The van der Waals surface area contributed by atoms with Crippen LogP contribution in [-0.4, -0.2) is 5.60 Å². The Labute approximate surface area is 122 Å². The minimum Gasteiger partial charge on any atom is -0.480 e. The molecule has 1 aliphatic rings. The molecule has 0 unspecified atom stereocenters. The van der Waals surface area contributed by atoms with E-state index in [9.17, 15) is 5.26 Å². The summed E-state index contributed by atoms with van der Waals surface area (Å²) in [6, 6.07) is 12.6. The van der Waals surface area contributed by atoms with Crippen molar-refractivity contribution in [3.8, 4) is 18.2 Å². The predicted molar refractivity (Wildman–Crippen MR) is 76.8 cm³/mol. The molecule has 2 rings (SSSR count). The number of nitrogen functional groups attached to an aromatic ring is 1. The highest BCUT2D eigenvalue weighted by Gasteiger charge is 2.40. The zero-order chi connectivity index (χ0) is 15.6. The summed E-state index contributed by atoms with van der Waals surface area (Å²) >= 11 is 0. The molecule has 0 fully saturated rings. The number of nitrogens with zero attached hydrogens (tertiary/aromatic N) is 3. The Kier molecular flexibility index (Phi) is 3.40. The van der Waals surface area contributed by atoms with Gasteiger partial charge in [-0.2, -0.15) is 15.8 Å². The molecule has 0 aliphatic carbocycles. The topological polar surface area (TPSA) is 107 Å². The molecule has 0 spiro atoms. The molecule has 0 radical (unpaired) electrons. The normalized spacial score (nSPS) is 15.7. The quantitative estimate of drug-likeness (QED) is 0.626. The second-order valence-electron chi connectivity index (χ2n) is 5.02. The van der Waals surface area contributed by atoms with Crippen LogP contribution in [-0.2, 0) is 4.74 Å². The minimum atomic E-state index is -0.810. The standard InChI is InChI=1S/C16H12N4O/c1-16(2)14(10-3-5-12(20)6-4-10)13(9-19)15(21-16)11(7-17)8-18/h3-6H,20H2,1-2H3. The van der Waals surface area contributed by atoms with Crippen molar-refractivity contribution in [1.29, 1.82) is 15.8 Å². The molecule has 0 aromatic heterocycles. The van der Waals surface area contributed by atoms with Crippen molar-refractivity contribution < 1.29 is 4.74 Å². The average molecular weight is 276 g/mol. The molecule has 102 valence electrons. The van der Waals surface area contributed by atoms with Crippen molar-refractivity contribution in [2.24, 2.45) is 0 Å². The molecular formula is C16H12N4O. The van der Waals surface area contributed by atoms with Crippen LogP contribution >= 0.6 is 0 Å². The summed E-state index contributed by atoms with van der Waals surface area (Å²) in [6.07, 6.45) is 0. The first-order chi connectivity index (χ1) is 9.94. The van der Waals surface area contributed by atoms with Gasteiger partial charge in [0.2, 0.25) is 0 Å². The van der Waals surface area contributed by atoms with E-state index in [1.807, 2.05) is 6.07 Å². The Morgan fingerprint density at radius 1 is 1.10 bits per heavy atom. The van der Waals surface area contributed by atoms with Gasteiger partial charge in [-0.25, -0.2) is 0 Å². The van der Waals surface area contributed by atoms with E-state index in [1.165, 1.54) is 0 Å². The van der Waals surface area contributed by atoms with Crippen LogP contribution < -0.4 is 5.73 Å². The van der Waals surface area contributed by atoms with Gasteiger partial charge < -0.3 is 10.5 Å². The first kappa shape index (κ1) is 14.2. The van der Waals surface area contributed by atoms with Gasteiger partial charge in [0.05, 0.1) is 0 Å². The average Bonchev–Trinajstić information content (AvgIpc) is 2.72. The highest BCUT2D eigenvalue weighted by molar-refractivity contribution is 5.84. The number of nitriles is 3. The summed E-state index contributed by atoms with van der Waals surface area (Å²) in [6.45, 7) is 3.57. The maximum absolute atomic E-state index is 9.43. The number of hydrogen-bond acceptors (Lipinski definition) is 5. The molecule has 0 saturated carbocycles. The summed E-state index contributed by atoms with van der Waals surface area (Å²) in [5.41, 5.74) is 6.90. The lowest BCUT2D eigenvalue weighted by molar-refractivity contribution is 0.109. The summed E-state index contributed by atoms with van der Waals surface area (Å²) in [5, 5.41) is 27.4. The summed E-state index contributed by atoms with van der Waals surface area (Å²) < 4.78 is 5.70. The first-order valence-corrected chi connectivity index (χ1v) is 6.19. The van der Waals surface area contributed by atoms with Crippen molar-refractivity contribution in [3.63, 3.8) is 0 Å². The van der Waals surface area contributed by atoms with E-state index in [0.717, 1.165) is 5.56 Å². The molecule has 21 heavy (non-hydrogen) atoms. The number of rotatable bonds is 1. The second-order valence-corrected chi connectivity index (χ2v) is 5.02. The van der Waals surface area contributed by atoms with Crippen LogP contribution in [0.25, 0.3) is 5.57 Å². The molecular weight excluding hydrogens is 264 g/mol. The third-order valence-corrected chi connectivity index (χ3v) is 3.20. The van der Waals surface area contributed by atoms with Gasteiger partial charge in [-0.05, 0) is 31.5 Å². The number of hydrogen-bond donors (Lipinski definition) is 1. The molecule has 1 aliphatic heterocycles. The smallest absolute Gasteiger partial charge is 0.172 e. The van der Waals surface area contributed by atoms with Gasteiger partial charge in [-0.3, -0.25) is 0 Å². The van der Waals surface area contributed by atoms with Crippen LogP contribution in [0.3, 0.4) is 0 Å². The number of anilines is 1. The van der Waals surface area contributed by atoms with Crippen molar-refractivity contribution in [2.45, 2.75) is 19.4 Å². The van der Waals surface area contributed by atoms with Gasteiger partial charge in [0.25, 0.3) is 0 Å². The second kappa shape index (κ2) is 5.04. The van der Waals surface area contributed by atoms with E-state index in [0.29, 0.717) is 11.3 Å². The third-order valence-electron chi connectivity index (χ3n) is 3.20. The maximum atomic E-state index is 9.43. The van der Waals surface area contributed by atoms with Crippen molar-refractivity contribution >= 4 is 11.3 Å². The van der Waals surface area contributed by atoms with Gasteiger partial charge in [0.15, 0.2) is 11.3 Å². The fourth-order valence-electron chi connectivity index (χ4n) is 2.32. The molecule has 1 aromatic carbocycles. The van der Waals surface area contributed by atoms with E-state index in [4.69, 9.17) is 21.0 Å². The highest BCUT2D eigenvalue weighted by atomic mass is 16.5. The Bertz CT molecular complexity index is 762. The van der Waals surface area contributed by atoms with Crippen LogP contribution in [0.2, 0.25) is 0 Å². The Morgan fingerprint density at radius 3 is 2.14 bits per heavy atom. The lowest BCUT2D eigenvalue weighted by Gasteiger charge is -2.22. The van der Waals surface area contributed by atoms with Crippen LogP contribution in [0, 0.1) is 34.0 Å². The molecule has 0 bridgehead atoms. The van der Waals surface area contributed by atoms with Gasteiger partial charge in [-0.15, -0.1) is 0 Å². The molecule has 2 N–H and O–H groups in total. The molecule has 1 aromatic rings. The molecule has 5 nitrogen and oxygen atoms in total. The zero-order valence-corrected chi connectivity index (χ0v) is 11.6. The SMILES string of the molecule is CC1(C)OC(=C(C#N)C#N)C(C#N)=C1c1ccc(N)cc1. The van der Waals surface area contributed by atoms with E-state index in [-0.39, 0.29) is 16.9 Å². The van der Waals surface area contributed by atoms with E-state index >= 15 is 0 Å². The van der Waals surface area contributed by atoms with Gasteiger partial charge in [0, 0.05) is 11.3 Å². The maximum Gasteiger partial charge on any atom is 0.172 e. The fraction of sp³-hybridized carbons (Fsp3) is 0.188. The molecule has 1 heterocycles. The van der Waals surface area contributed by atoms with Gasteiger partial charge in [-0.1, -0.05) is 12.1 Å². The van der Waals surface area contributed by atoms with Crippen molar-refractivity contribution in [2.75, 3.05) is 5.73 Å². The zero-order valence-electron chi connectivity index (χ0n) is 11.6. The Balaban J connectivity index is 2.76. The fourth-order valence-corrected chi connectivity index (χ4v) is 2.32. The number of ether oxygens (including phenoxy) is 1. The summed E-state index contributed by atoms with van der Waals surface area (Å²) in [7, 11) is 0. The Hall–Kier alpha value is -3.23. The van der Waals surface area contributed by atoms with E-state index < -0.39 is 5.60 Å². The molecule has 0 amide bonds.